The number of nitrogens with zero attached hydrogens (tertiary/aromatic N) is 1. The third-order valence-corrected chi connectivity index (χ3v) is 2.88. The first-order valence-corrected chi connectivity index (χ1v) is 5.18. The second kappa shape index (κ2) is 3.87. The summed E-state index contributed by atoms with van der Waals surface area (Å²) in [5.41, 5.74) is 1.16. The maximum atomic E-state index is 4.96. The minimum Gasteiger partial charge on any atom is -0.472 e. The predicted octanol–water partition coefficient (Wildman–Crippen LogP) is 1.86. The van der Waals surface area contributed by atoms with E-state index in [1.54, 1.807) is 24.3 Å². The van der Waals surface area contributed by atoms with Crippen molar-refractivity contribution >= 4 is 16.9 Å². The highest BCUT2D eigenvalue weighted by Crippen LogP contribution is 2.18. The van der Waals surface area contributed by atoms with Gasteiger partial charge in [-0.3, -0.25) is 4.99 Å². The molecule has 0 bridgehead atoms. The summed E-state index contributed by atoms with van der Waals surface area (Å²) < 4.78 is 4.96. The Kier molecular flexibility index (Phi) is 2.59. The Morgan fingerprint density at radius 3 is 3.31 bits per heavy atom. The van der Waals surface area contributed by atoms with Crippen LogP contribution in [0.15, 0.2) is 28.0 Å². The van der Waals surface area contributed by atoms with Gasteiger partial charge in [0.2, 0.25) is 0 Å². The van der Waals surface area contributed by atoms with E-state index in [4.69, 9.17) is 4.42 Å². The van der Waals surface area contributed by atoms with Crippen LogP contribution in [0.1, 0.15) is 12.5 Å². The van der Waals surface area contributed by atoms with E-state index < -0.39 is 0 Å². The van der Waals surface area contributed by atoms with Crippen LogP contribution in [-0.4, -0.2) is 17.0 Å². The summed E-state index contributed by atoms with van der Waals surface area (Å²) in [7, 11) is 0. The van der Waals surface area contributed by atoms with Gasteiger partial charge < -0.3 is 9.73 Å². The predicted molar refractivity (Wildman–Crippen MR) is 54.9 cm³/mol. The molecule has 1 N–H and O–H groups in total. The minimum absolute atomic E-state index is 0.617. The molecule has 0 saturated carbocycles. The average Bonchev–Trinajstić information content (AvgIpc) is 2.71. The van der Waals surface area contributed by atoms with Gasteiger partial charge in [0.1, 0.15) is 0 Å². The van der Waals surface area contributed by atoms with Crippen molar-refractivity contribution in [1.29, 1.82) is 0 Å². The van der Waals surface area contributed by atoms with Crippen molar-refractivity contribution in [2.45, 2.75) is 18.7 Å². The summed E-state index contributed by atoms with van der Waals surface area (Å²) in [5.74, 6) is 0. The Bertz CT molecular complexity index is 295. The standard InChI is InChI=1S/C9H12N2OS/c1-7-4-10-9(13-7)11-5-8-2-3-12-6-8/h2-3,6-7H,4-5H2,1H3,(H,10,11). The zero-order chi connectivity index (χ0) is 9.10. The van der Waals surface area contributed by atoms with Crippen molar-refractivity contribution < 1.29 is 4.42 Å². The zero-order valence-corrected chi connectivity index (χ0v) is 8.30. The van der Waals surface area contributed by atoms with Gasteiger partial charge in [-0.25, -0.2) is 0 Å². The molecule has 0 aliphatic carbocycles. The topological polar surface area (TPSA) is 37.5 Å². The van der Waals surface area contributed by atoms with Gasteiger partial charge in [0.15, 0.2) is 5.17 Å². The van der Waals surface area contributed by atoms with Crippen molar-refractivity contribution in [2.75, 3.05) is 6.54 Å². The first-order chi connectivity index (χ1) is 6.34. The molecular weight excluding hydrogens is 184 g/mol. The van der Waals surface area contributed by atoms with Gasteiger partial charge in [0, 0.05) is 17.4 Å². The summed E-state index contributed by atoms with van der Waals surface area (Å²) >= 11 is 1.80. The smallest absolute Gasteiger partial charge is 0.157 e. The Morgan fingerprint density at radius 1 is 1.77 bits per heavy atom. The summed E-state index contributed by atoms with van der Waals surface area (Å²) in [5, 5.41) is 4.93. The first kappa shape index (κ1) is 8.69. The summed E-state index contributed by atoms with van der Waals surface area (Å²) in [6.07, 6.45) is 3.43. The molecule has 1 aromatic heterocycles. The van der Waals surface area contributed by atoms with E-state index in [1.807, 2.05) is 6.07 Å². The number of amidine groups is 1. The van der Waals surface area contributed by atoms with Gasteiger partial charge in [-0.2, -0.15) is 0 Å². The quantitative estimate of drug-likeness (QED) is 0.784. The van der Waals surface area contributed by atoms with Crippen molar-refractivity contribution in [3.63, 3.8) is 0 Å². The van der Waals surface area contributed by atoms with Crippen molar-refractivity contribution in [3.8, 4) is 0 Å². The van der Waals surface area contributed by atoms with Crippen molar-refractivity contribution in [2.24, 2.45) is 4.99 Å². The normalized spacial score (nSPS) is 21.6. The number of aliphatic imine (C=N–C) groups is 1. The molecule has 0 aromatic carbocycles. The monoisotopic (exact) mass is 196 g/mol. The van der Waals surface area contributed by atoms with E-state index in [0.717, 1.165) is 23.8 Å². The number of hydrogen-bond acceptors (Lipinski definition) is 4. The van der Waals surface area contributed by atoms with Crippen LogP contribution in [0.4, 0.5) is 0 Å². The lowest BCUT2D eigenvalue weighted by Gasteiger charge is -2.03. The highest BCUT2D eigenvalue weighted by molar-refractivity contribution is 8.14. The molecule has 0 amide bonds. The van der Waals surface area contributed by atoms with Crippen LogP contribution in [0.5, 0.6) is 0 Å². The molecule has 1 aliphatic heterocycles. The fourth-order valence-electron chi connectivity index (χ4n) is 1.15. The fraction of sp³-hybridized carbons (Fsp3) is 0.444. The lowest BCUT2D eigenvalue weighted by atomic mass is 10.3. The Balaban J connectivity index is 1.81. The largest absolute Gasteiger partial charge is 0.472 e. The van der Waals surface area contributed by atoms with Crippen LogP contribution in [0.3, 0.4) is 0 Å². The highest BCUT2D eigenvalue weighted by atomic mass is 32.2. The van der Waals surface area contributed by atoms with Crippen LogP contribution >= 0.6 is 11.8 Å². The number of furan rings is 1. The molecular formula is C9H12N2OS. The molecule has 1 aliphatic rings. The van der Waals surface area contributed by atoms with E-state index in [1.165, 1.54) is 0 Å². The van der Waals surface area contributed by atoms with Crippen molar-refractivity contribution in [1.82, 2.24) is 5.32 Å². The van der Waals surface area contributed by atoms with Crippen LogP contribution in [0.25, 0.3) is 0 Å². The molecule has 4 heteroatoms. The third kappa shape index (κ3) is 2.28. The van der Waals surface area contributed by atoms with Gasteiger partial charge in [-0.05, 0) is 6.07 Å². The molecule has 0 saturated heterocycles. The Morgan fingerprint density at radius 2 is 2.69 bits per heavy atom. The van der Waals surface area contributed by atoms with E-state index in [9.17, 15) is 0 Å². The van der Waals surface area contributed by atoms with E-state index in [0.29, 0.717) is 5.25 Å². The fourth-order valence-corrected chi connectivity index (χ4v) is 1.98. The van der Waals surface area contributed by atoms with Gasteiger partial charge in [0.25, 0.3) is 0 Å². The number of hydrogen-bond donors (Lipinski definition) is 1. The van der Waals surface area contributed by atoms with Crippen molar-refractivity contribution in [3.05, 3.63) is 24.2 Å². The van der Waals surface area contributed by atoms with Gasteiger partial charge in [0.05, 0.1) is 19.1 Å². The maximum absolute atomic E-state index is 4.96. The van der Waals surface area contributed by atoms with Crippen LogP contribution in [0, 0.1) is 0 Å². The molecule has 2 rings (SSSR count). The van der Waals surface area contributed by atoms with Crippen LogP contribution in [0.2, 0.25) is 0 Å². The second-order valence-corrected chi connectivity index (χ2v) is 4.49. The van der Waals surface area contributed by atoms with Gasteiger partial charge in [-0.1, -0.05) is 18.7 Å². The van der Waals surface area contributed by atoms with Gasteiger partial charge >= 0.3 is 0 Å². The van der Waals surface area contributed by atoms with E-state index in [2.05, 4.69) is 17.2 Å². The molecule has 2 heterocycles. The molecule has 1 aromatic rings. The van der Waals surface area contributed by atoms with Crippen LogP contribution in [-0.2, 0) is 6.54 Å². The van der Waals surface area contributed by atoms with E-state index in [-0.39, 0.29) is 0 Å². The average molecular weight is 196 g/mol. The molecule has 1 unspecified atom stereocenters. The summed E-state index contributed by atoms with van der Waals surface area (Å²) in [6.45, 7) is 3.91. The minimum atomic E-state index is 0.617. The molecule has 0 radical (unpaired) electrons. The zero-order valence-electron chi connectivity index (χ0n) is 7.49. The molecule has 13 heavy (non-hydrogen) atoms. The SMILES string of the molecule is CC1CN=C(NCc2ccoc2)S1. The molecule has 3 nitrogen and oxygen atoms in total. The van der Waals surface area contributed by atoms with Gasteiger partial charge in [-0.15, -0.1) is 0 Å². The maximum Gasteiger partial charge on any atom is 0.157 e. The molecule has 70 valence electrons. The Hall–Kier alpha value is -0.900. The molecule has 1 atom stereocenters. The lowest BCUT2D eigenvalue weighted by Crippen LogP contribution is -2.18. The number of rotatable bonds is 2. The number of nitrogens with one attached hydrogen (secondary N) is 1. The third-order valence-electron chi connectivity index (χ3n) is 1.83. The first-order valence-electron chi connectivity index (χ1n) is 4.30. The number of thioether (sulfide) groups is 1. The van der Waals surface area contributed by atoms with Crippen LogP contribution < -0.4 is 5.32 Å². The van der Waals surface area contributed by atoms with E-state index >= 15 is 0 Å². The molecule has 0 spiro atoms. The highest BCUT2D eigenvalue weighted by Gasteiger charge is 2.13. The molecule has 0 fully saturated rings. The summed E-state index contributed by atoms with van der Waals surface area (Å²) in [6, 6.07) is 1.95. The second-order valence-electron chi connectivity index (χ2n) is 3.06. The summed E-state index contributed by atoms with van der Waals surface area (Å²) in [4.78, 5) is 4.35. The lowest BCUT2D eigenvalue weighted by molar-refractivity contribution is 0.563. The Labute approximate surface area is 81.6 Å².